The minimum absolute atomic E-state index is 0.672. The minimum atomic E-state index is 0.672. The summed E-state index contributed by atoms with van der Waals surface area (Å²) in [4.78, 5) is 2.70. The molecule has 2 heteroatoms. The van der Waals surface area contributed by atoms with Gasteiger partial charge in [-0.2, -0.15) is 0 Å². The maximum Gasteiger partial charge on any atom is 0.0108 e. The van der Waals surface area contributed by atoms with E-state index in [1.807, 2.05) is 0 Å². The molecule has 1 saturated carbocycles. The largest absolute Gasteiger partial charge is 0.314 e. The molecule has 0 aromatic heterocycles. The lowest BCUT2D eigenvalue weighted by atomic mass is 9.78. The quantitative estimate of drug-likeness (QED) is 0.789. The van der Waals surface area contributed by atoms with Crippen molar-refractivity contribution < 1.29 is 0 Å². The predicted molar refractivity (Wildman–Crippen MR) is 69.7 cm³/mol. The number of hydrogen-bond acceptors (Lipinski definition) is 2. The van der Waals surface area contributed by atoms with Gasteiger partial charge in [0.1, 0.15) is 0 Å². The summed E-state index contributed by atoms with van der Waals surface area (Å²) in [7, 11) is 0. The maximum atomic E-state index is 3.45. The van der Waals surface area contributed by atoms with Crippen molar-refractivity contribution in [3.05, 3.63) is 0 Å². The van der Waals surface area contributed by atoms with Gasteiger partial charge in [-0.15, -0.1) is 0 Å². The lowest BCUT2D eigenvalue weighted by molar-refractivity contribution is 0.117. The first kappa shape index (κ1) is 12.4. The van der Waals surface area contributed by atoms with Crippen LogP contribution in [0.15, 0.2) is 0 Å². The molecule has 1 aliphatic heterocycles. The van der Waals surface area contributed by atoms with E-state index in [4.69, 9.17) is 0 Å². The van der Waals surface area contributed by atoms with Gasteiger partial charge in [-0.1, -0.05) is 26.7 Å². The van der Waals surface area contributed by atoms with E-state index >= 15 is 0 Å². The molecule has 0 aromatic carbocycles. The summed E-state index contributed by atoms with van der Waals surface area (Å²) >= 11 is 0. The van der Waals surface area contributed by atoms with Crippen molar-refractivity contribution in [1.29, 1.82) is 0 Å². The van der Waals surface area contributed by atoms with Crippen LogP contribution in [0.5, 0.6) is 0 Å². The fourth-order valence-electron chi connectivity index (χ4n) is 3.76. The summed E-state index contributed by atoms with van der Waals surface area (Å²) in [5, 5.41) is 3.45. The Balaban J connectivity index is 1.90. The zero-order valence-electron chi connectivity index (χ0n) is 11.1. The first-order chi connectivity index (χ1) is 7.70. The third kappa shape index (κ3) is 3.21. The van der Waals surface area contributed by atoms with Crippen molar-refractivity contribution in [2.45, 2.75) is 46.0 Å². The molecule has 0 spiro atoms. The Morgan fingerprint density at radius 3 is 2.31 bits per heavy atom. The van der Waals surface area contributed by atoms with E-state index in [2.05, 4.69) is 24.1 Å². The number of hydrogen-bond donors (Lipinski definition) is 1. The highest BCUT2D eigenvalue weighted by molar-refractivity contribution is 4.89. The Labute approximate surface area is 101 Å². The van der Waals surface area contributed by atoms with Crippen molar-refractivity contribution >= 4 is 0 Å². The van der Waals surface area contributed by atoms with Crippen LogP contribution in [0.3, 0.4) is 0 Å². The number of rotatable bonds is 4. The van der Waals surface area contributed by atoms with Crippen LogP contribution in [0.4, 0.5) is 0 Å². The molecule has 16 heavy (non-hydrogen) atoms. The third-order valence-corrected chi connectivity index (χ3v) is 4.27. The first-order valence-corrected chi connectivity index (χ1v) is 7.13. The van der Waals surface area contributed by atoms with E-state index in [1.54, 1.807) is 0 Å². The van der Waals surface area contributed by atoms with Crippen molar-refractivity contribution in [1.82, 2.24) is 10.2 Å². The average molecular weight is 224 g/mol. The van der Waals surface area contributed by atoms with Crippen LogP contribution in [0.1, 0.15) is 46.0 Å². The molecular weight excluding hydrogens is 196 g/mol. The van der Waals surface area contributed by atoms with Crippen LogP contribution in [0.25, 0.3) is 0 Å². The molecule has 0 atom stereocenters. The van der Waals surface area contributed by atoms with Gasteiger partial charge < -0.3 is 10.2 Å². The van der Waals surface area contributed by atoms with Crippen LogP contribution in [-0.4, -0.2) is 37.6 Å². The normalized spacial score (nSPS) is 26.4. The standard InChI is InChI=1S/C14H28N2/c1-13(2)11-14(5-3-4-6-14)12-16-9-7-15-8-10-16/h13,15H,3-12H2,1-2H3. The van der Waals surface area contributed by atoms with Gasteiger partial charge in [0, 0.05) is 32.7 Å². The summed E-state index contributed by atoms with van der Waals surface area (Å²) < 4.78 is 0. The molecule has 1 N–H and O–H groups in total. The smallest absolute Gasteiger partial charge is 0.0108 e. The van der Waals surface area contributed by atoms with Crippen molar-refractivity contribution in [2.75, 3.05) is 32.7 Å². The highest BCUT2D eigenvalue weighted by atomic mass is 15.2. The first-order valence-electron chi connectivity index (χ1n) is 7.13. The molecule has 0 radical (unpaired) electrons. The van der Waals surface area contributed by atoms with Gasteiger partial charge in [0.2, 0.25) is 0 Å². The van der Waals surface area contributed by atoms with E-state index in [9.17, 15) is 0 Å². The van der Waals surface area contributed by atoms with E-state index < -0.39 is 0 Å². The lowest BCUT2D eigenvalue weighted by Crippen LogP contribution is -2.47. The molecule has 1 saturated heterocycles. The van der Waals surface area contributed by atoms with E-state index in [0.29, 0.717) is 5.41 Å². The summed E-state index contributed by atoms with van der Waals surface area (Å²) in [5.41, 5.74) is 0.672. The third-order valence-electron chi connectivity index (χ3n) is 4.27. The van der Waals surface area contributed by atoms with Crippen LogP contribution in [-0.2, 0) is 0 Å². The average Bonchev–Trinajstić information content (AvgIpc) is 2.66. The van der Waals surface area contributed by atoms with Gasteiger partial charge in [-0.05, 0) is 30.6 Å². The van der Waals surface area contributed by atoms with Gasteiger partial charge in [0.05, 0.1) is 0 Å². The van der Waals surface area contributed by atoms with E-state index in [0.717, 1.165) is 5.92 Å². The van der Waals surface area contributed by atoms with Crippen LogP contribution < -0.4 is 5.32 Å². The second kappa shape index (κ2) is 5.50. The molecule has 0 bridgehead atoms. The van der Waals surface area contributed by atoms with Gasteiger partial charge in [-0.25, -0.2) is 0 Å². The van der Waals surface area contributed by atoms with Gasteiger partial charge in [-0.3, -0.25) is 0 Å². The SMILES string of the molecule is CC(C)CC1(CN2CCNCC2)CCCC1. The second-order valence-electron chi connectivity index (χ2n) is 6.33. The number of nitrogens with one attached hydrogen (secondary N) is 1. The molecule has 2 nitrogen and oxygen atoms in total. The predicted octanol–water partition coefficient (Wildman–Crippen LogP) is 2.50. The second-order valence-corrected chi connectivity index (χ2v) is 6.33. The van der Waals surface area contributed by atoms with Crippen LogP contribution in [0, 0.1) is 11.3 Å². The summed E-state index contributed by atoms with van der Waals surface area (Å²) in [6, 6.07) is 0. The molecule has 0 aromatic rings. The van der Waals surface area contributed by atoms with E-state index in [1.165, 1.54) is 64.8 Å². The van der Waals surface area contributed by atoms with Crippen molar-refractivity contribution in [3.8, 4) is 0 Å². The summed E-state index contributed by atoms with van der Waals surface area (Å²) in [5.74, 6) is 0.862. The molecule has 1 aliphatic carbocycles. The van der Waals surface area contributed by atoms with Crippen LogP contribution in [0.2, 0.25) is 0 Å². The zero-order chi connectivity index (χ0) is 11.4. The zero-order valence-corrected chi connectivity index (χ0v) is 11.1. The van der Waals surface area contributed by atoms with Crippen molar-refractivity contribution in [2.24, 2.45) is 11.3 Å². The lowest BCUT2D eigenvalue weighted by Gasteiger charge is -2.38. The fraction of sp³-hybridized carbons (Fsp3) is 1.00. The highest BCUT2D eigenvalue weighted by Crippen LogP contribution is 2.43. The highest BCUT2D eigenvalue weighted by Gasteiger charge is 2.36. The van der Waals surface area contributed by atoms with Gasteiger partial charge in [0.15, 0.2) is 0 Å². The maximum absolute atomic E-state index is 3.45. The molecule has 1 heterocycles. The number of piperazine rings is 1. The minimum Gasteiger partial charge on any atom is -0.314 e. The Bertz CT molecular complexity index is 201. The molecule has 0 amide bonds. The Kier molecular flexibility index (Phi) is 4.26. The van der Waals surface area contributed by atoms with Gasteiger partial charge >= 0.3 is 0 Å². The fourth-order valence-corrected chi connectivity index (χ4v) is 3.76. The molecule has 2 aliphatic rings. The monoisotopic (exact) mass is 224 g/mol. The Hall–Kier alpha value is -0.0800. The van der Waals surface area contributed by atoms with Gasteiger partial charge in [0.25, 0.3) is 0 Å². The Morgan fingerprint density at radius 1 is 1.12 bits per heavy atom. The molecule has 2 rings (SSSR count). The summed E-state index contributed by atoms with van der Waals surface area (Å²) in [6.07, 6.45) is 7.35. The Morgan fingerprint density at radius 2 is 1.75 bits per heavy atom. The topological polar surface area (TPSA) is 15.3 Å². The number of nitrogens with zero attached hydrogens (tertiary/aromatic N) is 1. The van der Waals surface area contributed by atoms with Crippen LogP contribution >= 0.6 is 0 Å². The van der Waals surface area contributed by atoms with Crippen molar-refractivity contribution in [3.63, 3.8) is 0 Å². The summed E-state index contributed by atoms with van der Waals surface area (Å²) in [6.45, 7) is 11.1. The molecule has 0 unspecified atom stereocenters. The molecule has 94 valence electrons. The van der Waals surface area contributed by atoms with E-state index in [-0.39, 0.29) is 0 Å². The molecule has 2 fully saturated rings. The molecular formula is C14H28N2.